The number of esters is 1. The van der Waals surface area contributed by atoms with Crippen molar-refractivity contribution in [3.05, 3.63) is 47.9 Å². The molecule has 2 N–H and O–H groups in total. The first-order valence-corrected chi connectivity index (χ1v) is 8.07. The molecule has 1 amide bonds. The number of ether oxygens (including phenoxy) is 1. The number of rotatable bonds is 6. The molecular formula is C18H18FN3O3. The molecule has 1 aliphatic rings. The van der Waals surface area contributed by atoms with E-state index in [1.165, 1.54) is 18.3 Å². The molecule has 6 nitrogen and oxygen atoms in total. The van der Waals surface area contributed by atoms with E-state index in [0.717, 1.165) is 12.8 Å². The molecule has 0 bridgehead atoms. The lowest BCUT2D eigenvalue weighted by Gasteiger charge is -2.10. The van der Waals surface area contributed by atoms with Crippen molar-refractivity contribution < 1.29 is 18.7 Å². The lowest BCUT2D eigenvalue weighted by Crippen LogP contribution is -2.14. The molecule has 7 heteroatoms. The van der Waals surface area contributed by atoms with Gasteiger partial charge in [0.25, 0.3) is 0 Å². The van der Waals surface area contributed by atoms with Gasteiger partial charge in [-0.2, -0.15) is 0 Å². The third-order valence-corrected chi connectivity index (χ3v) is 3.72. The van der Waals surface area contributed by atoms with Crippen molar-refractivity contribution >= 4 is 29.1 Å². The van der Waals surface area contributed by atoms with E-state index in [0.29, 0.717) is 23.7 Å². The number of pyridine rings is 1. The van der Waals surface area contributed by atoms with Gasteiger partial charge < -0.3 is 15.4 Å². The van der Waals surface area contributed by atoms with E-state index in [1.807, 2.05) is 0 Å². The van der Waals surface area contributed by atoms with Crippen molar-refractivity contribution in [2.75, 3.05) is 17.2 Å². The Balaban J connectivity index is 1.69. The molecule has 0 aliphatic heterocycles. The summed E-state index contributed by atoms with van der Waals surface area (Å²) in [4.78, 5) is 27.5. The van der Waals surface area contributed by atoms with Crippen LogP contribution in [0.4, 0.5) is 21.6 Å². The van der Waals surface area contributed by atoms with E-state index in [-0.39, 0.29) is 17.5 Å². The van der Waals surface area contributed by atoms with E-state index >= 15 is 0 Å². The van der Waals surface area contributed by atoms with Gasteiger partial charge in [-0.25, -0.2) is 14.2 Å². The highest BCUT2D eigenvalue weighted by atomic mass is 19.1. The van der Waals surface area contributed by atoms with E-state index in [2.05, 4.69) is 15.6 Å². The van der Waals surface area contributed by atoms with E-state index < -0.39 is 11.8 Å². The normalized spacial score (nSPS) is 13.2. The monoisotopic (exact) mass is 343 g/mol. The average Bonchev–Trinajstić information content (AvgIpc) is 3.44. The number of nitrogens with zero attached hydrogens (tertiary/aromatic N) is 1. The molecule has 3 rings (SSSR count). The maximum atomic E-state index is 13.9. The Labute approximate surface area is 144 Å². The maximum absolute atomic E-state index is 13.9. The molecule has 1 fully saturated rings. The first-order valence-electron chi connectivity index (χ1n) is 8.07. The van der Waals surface area contributed by atoms with Gasteiger partial charge in [-0.15, -0.1) is 0 Å². The van der Waals surface area contributed by atoms with Crippen LogP contribution >= 0.6 is 0 Å². The first kappa shape index (κ1) is 16.9. The van der Waals surface area contributed by atoms with Gasteiger partial charge in [0.15, 0.2) is 0 Å². The number of anilines is 3. The third kappa shape index (κ3) is 4.32. The summed E-state index contributed by atoms with van der Waals surface area (Å²) in [5.74, 6) is -0.612. The minimum atomic E-state index is -0.495. The summed E-state index contributed by atoms with van der Waals surface area (Å²) >= 11 is 0. The Hall–Kier alpha value is -2.96. The minimum Gasteiger partial charge on any atom is -0.462 e. The summed E-state index contributed by atoms with van der Waals surface area (Å²) < 4.78 is 18.8. The Bertz CT molecular complexity index is 789. The van der Waals surface area contributed by atoms with Gasteiger partial charge in [0.1, 0.15) is 11.6 Å². The quantitative estimate of drug-likeness (QED) is 0.785. The Morgan fingerprint density at radius 2 is 2.08 bits per heavy atom. The topological polar surface area (TPSA) is 80.3 Å². The second-order valence-electron chi connectivity index (χ2n) is 5.74. The molecule has 130 valence electrons. The molecule has 1 aromatic carbocycles. The Morgan fingerprint density at radius 3 is 2.72 bits per heavy atom. The smallest absolute Gasteiger partial charge is 0.339 e. The van der Waals surface area contributed by atoms with Crippen LogP contribution in [0.3, 0.4) is 0 Å². The van der Waals surface area contributed by atoms with Crippen LogP contribution in [0.1, 0.15) is 30.1 Å². The highest BCUT2D eigenvalue weighted by Crippen LogP contribution is 2.31. The molecule has 2 aromatic rings. The van der Waals surface area contributed by atoms with E-state index in [1.54, 1.807) is 25.1 Å². The molecule has 0 unspecified atom stereocenters. The molecule has 1 saturated carbocycles. The second kappa shape index (κ2) is 7.29. The van der Waals surface area contributed by atoms with Crippen molar-refractivity contribution in [1.29, 1.82) is 0 Å². The maximum Gasteiger partial charge on any atom is 0.339 e. The predicted molar refractivity (Wildman–Crippen MR) is 91.2 cm³/mol. The number of hydrogen-bond donors (Lipinski definition) is 2. The fraction of sp³-hybridized carbons (Fsp3) is 0.278. The highest BCUT2D eigenvalue weighted by Gasteiger charge is 2.30. The first-order chi connectivity index (χ1) is 12.1. The number of carbonyl (C=O) groups is 2. The lowest BCUT2D eigenvalue weighted by molar-refractivity contribution is -0.117. The van der Waals surface area contributed by atoms with Gasteiger partial charge >= 0.3 is 5.97 Å². The standard InChI is InChI=1S/C18H18FN3O3/c1-2-25-18(24)12-5-8-16(20-10-12)21-13-6-7-14(19)15(9-13)22-17(23)11-3-4-11/h5-11H,2-4H2,1H3,(H,20,21)(H,22,23). The highest BCUT2D eigenvalue weighted by molar-refractivity contribution is 5.94. The molecule has 0 atom stereocenters. The fourth-order valence-electron chi connectivity index (χ4n) is 2.23. The van der Waals surface area contributed by atoms with Crippen LogP contribution in [0.15, 0.2) is 36.5 Å². The number of hydrogen-bond acceptors (Lipinski definition) is 5. The van der Waals surface area contributed by atoms with Crippen LogP contribution in [-0.2, 0) is 9.53 Å². The number of benzene rings is 1. The zero-order chi connectivity index (χ0) is 17.8. The summed E-state index contributed by atoms with van der Waals surface area (Å²) in [5, 5.41) is 5.61. The molecule has 0 saturated heterocycles. The fourth-order valence-corrected chi connectivity index (χ4v) is 2.23. The van der Waals surface area contributed by atoms with Gasteiger partial charge in [-0.1, -0.05) is 0 Å². The van der Waals surface area contributed by atoms with Crippen LogP contribution in [0.5, 0.6) is 0 Å². The zero-order valence-corrected chi connectivity index (χ0v) is 13.7. The Morgan fingerprint density at radius 1 is 1.28 bits per heavy atom. The molecule has 0 radical (unpaired) electrons. The van der Waals surface area contributed by atoms with Crippen molar-refractivity contribution in [2.24, 2.45) is 5.92 Å². The summed E-state index contributed by atoms with van der Waals surface area (Å²) in [6, 6.07) is 7.54. The van der Waals surface area contributed by atoms with Gasteiger partial charge in [0, 0.05) is 17.8 Å². The third-order valence-electron chi connectivity index (χ3n) is 3.72. The SMILES string of the molecule is CCOC(=O)c1ccc(Nc2ccc(F)c(NC(=O)C3CC3)c2)nc1. The van der Waals surface area contributed by atoms with Crippen LogP contribution in [0, 0.1) is 11.7 Å². The number of carbonyl (C=O) groups excluding carboxylic acids is 2. The largest absolute Gasteiger partial charge is 0.462 e. The second-order valence-corrected chi connectivity index (χ2v) is 5.74. The van der Waals surface area contributed by atoms with Gasteiger partial charge in [-0.05, 0) is 50.1 Å². The molecular weight excluding hydrogens is 325 g/mol. The number of halogens is 1. The molecule has 25 heavy (non-hydrogen) atoms. The van der Waals surface area contributed by atoms with Crippen LogP contribution in [-0.4, -0.2) is 23.5 Å². The predicted octanol–water partition coefficient (Wildman–Crippen LogP) is 3.49. The minimum absolute atomic E-state index is 0.00639. The summed E-state index contributed by atoms with van der Waals surface area (Å²) in [6.45, 7) is 2.03. The average molecular weight is 343 g/mol. The number of aromatic nitrogens is 1. The van der Waals surface area contributed by atoms with Crippen LogP contribution in [0.25, 0.3) is 0 Å². The van der Waals surface area contributed by atoms with Crippen molar-refractivity contribution in [2.45, 2.75) is 19.8 Å². The molecule has 1 heterocycles. The van der Waals surface area contributed by atoms with E-state index in [4.69, 9.17) is 4.74 Å². The van der Waals surface area contributed by atoms with Crippen molar-refractivity contribution in [3.8, 4) is 0 Å². The Kier molecular flexibility index (Phi) is 4.92. The van der Waals surface area contributed by atoms with E-state index in [9.17, 15) is 14.0 Å². The van der Waals surface area contributed by atoms with Gasteiger partial charge in [0.2, 0.25) is 5.91 Å². The van der Waals surface area contributed by atoms with Gasteiger partial charge in [-0.3, -0.25) is 4.79 Å². The lowest BCUT2D eigenvalue weighted by atomic mass is 10.2. The summed E-state index contributed by atoms with van der Waals surface area (Å²) in [5.41, 5.74) is 1.05. The molecule has 1 aromatic heterocycles. The summed E-state index contributed by atoms with van der Waals surface area (Å²) in [7, 11) is 0. The number of amides is 1. The van der Waals surface area contributed by atoms with Gasteiger partial charge in [0.05, 0.1) is 17.9 Å². The van der Waals surface area contributed by atoms with Crippen molar-refractivity contribution in [3.63, 3.8) is 0 Å². The van der Waals surface area contributed by atoms with Crippen LogP contribution in [0.2, 0.25) is 0 Å². The summed E-state index contributed by atoms with van der Waals surface area (Å²) in [6.07, 6.45) is 3.10. The van der Waals surface area contributed by atoms with Crippen molar-refractivity contribution in [1.82, 2.24) is 4.98 Å². The number of nitrogens with one attached hydrogen (secondary N) is 2. The van der Waals surface area contributed by atoms with Crippen LogP contribution < -0.4 is 10.6 Å². The molecule has 0 spiro atoms. The zero-order valence-electron chi connectivity index (χ0n) is 13.7. The molecule has 1 aliphatic carbocycles.